The number of hydrogen-bond donors (Lipinski definition) is 1. The smallest absolute Gasteiger partial charge is 0.328 e. The maximum absolute atomic E-state index is 12.0. The fourth-order valence-electron chi connectivity index (χ4n) is 1.89. The number of hydrogen-bond acceptors (Lipinski definition) is 2. The van der Waals surface area contributed by atoms with Crippen molar-refractivity contribution >= 4 is 0 Å². The molecule has 0 radical (unpaired) electrons. The lowest BCUT2D eigenvalue weighted by molar-refractivity contribution is -0.148. The Morgan fingerprint density at radius 2 is 1.86 bits per heavy atom. The molecule has 1 aliphatic heterocycles. The summed E-state index contributed by atoms with van der Waals surface area (Å²) in [4.78, 5) is 1.46. The summed E-state index contributed by atoms with van der Waals surface area (Å²) in [5.74, 6) is 0.388. The highest BCUT2D eigenvalue weighted by Crippen LogP contribution is 2.23. The Morgan fingerprint density at radius 3 is 2.21 bits per heavy atom. The first-order valence-electron chi connectivity index (χ1n) is 4.93. The summed E-state index contributed by atoms with van der Waals surface area (Å²) in [5, 5.41) is 0. The molecule has 5 heteroatoms. The Balaban J connectivity index is 2.29. The van der Waals surface area contributed by atoms with Gasteiger partial charge in [0.25, 0.3) is 0 Å². The lowest BCUT2D eigenvalue weighted by atomic mass is 9.91. The first kappa shape index (κ1) is 11.8. The zero-order valence-corrected chi connectivity index (χ0v) is 8.35. The van der Waals surface area contributed by atoms with Crippen LogP contribution in [-0.2, 0) is 0 Å². The van der Waals surface area contributed by atoms with Gasteiger partial charge in [-0.05, 0) is 38.8 Å². The fourth-order valence-corrected chi connectivity index (χ4v) is 1.89. The van der Waals surface area contributed by atoms with E-state index in [4.69, 9.17) is 5.73 Å². The van der Waals surface area contributed by atoms with Crippen LogP contribution < -0.4 is 5.73 Å². The SMILES string of the molecule is CC(N)C1CCN(CC(F)(F)F)CC1. The highest BCUT2D eigenvalue weighted by Gasteiger charge is 2.32. The molecule has 0 amide bonds. The first-order valence-corrected chi connectivity index (χ1v) is 4.93. The van der Waals surface area contributed by atoms with Gasteiger partial charge in [0, 0.05) is 6.04 Å². The van der Waals surface area contributed by atoms with Crippen LogP contribution in [0.1, 0.15) is 19.8 Å². The molecular weight excluding hydrogens is 193 g/mol. The molecular formula is C9H17F3N2. The molecule has 1 rings (SSSR count). The van der Waals surface area contributed by atoms with Crippen molar-refractivity contribution in [2.24, 2.45) is 11.7 Å². The standard InChI is InChI=1S/C9H17F3N2/c1-7(13)8-2-4-14(5-3-8)6-9(10,11)12/h7-8H,2-6,13H2,1H3. The predicted octanol–water partition coefficient (Wildman–Crippen LogP) is 1.61. The lowest BCUT2D eigenvalue weighted by Crippen LogP contribution is -2.43. The van der Waals surface area contributed by atoms with Crippen LogP contribution in [0.2, 0.25) is 0 Å². The molecule has 0 aromatic rings. The number of likely N-dealkylation sites (tertiary alicyclic amines) is 1. The number of alkyl halides is 3. The third-order valence-corrected chi connectivity index (χ3v) is 2.78. The highest BCUT2D eigenvalue weighted by molar-refractivity contribution is 4.78. The van der Waals surface area contributed by atoms with Crippen molar-refractivity contribution in [1.82, 2.24) is 4.90 Å². The van der Waals surface area contributed by atoms with Crippen LogP contribution in [-0.4, -0.2) is 36.8 Å². The number of piperidine rings is 1. The van der Waals surface area contributed by atoms with Gasteiger partial charge in [-0.1, -0.05) is 0 Å². The minimum atomic E-state index is -4.07. The van der Waals surface area contributed by atoms with E-state index in [9.17, 15) is 13.2 Å². The van der Waals surface area contributed by atoms with E-state index in [2.05, 4.69) is 0 Å². The van der Waals surface area contributed by atoms with Crippen LogP contribution >= 0.6 is 0 Å². The van der Waals surface area contributed by atoms with E-state index in [-0.39, 0.29) is 6.04 Å². The molecule has 0 aromatic heterocycles. The Morgan fingerprint density at radius 1 is 1.36 bits per heavy atom. The molecule has 2 nitrogen and oxygen atoms in total. The highest BCUT2D eigenvalue weighted by atomic mass is 19.4. The summed E-state index contributed by atoms with van der Waals surface area (Å²) in [5.41, 5.74) is 5.70. The molecule has 0 spiro atoms. The van der Waals surface area contributed by atoms with Gasteiger partial charge in [0.1, 0.15) is 0 Å². The predicted molar refractivity (Wildman–Crippen MR) is 48.9 cm³/mol. The van der Waals surface area contributed by atoms with Crippen LogP contribution in [0.15, 0.2) is 0 Å². The fraction of sp³-hybridized carbons (Fsp3) is 1.00. The summed E-state index contributed by atoms with van der Waals surface area (Å²) < 4.78 is 36.1. The van der Waals surface area contributed by atoms with E-state index in [1.807, 2.05) is 6.92 Å². The van der Waals surface area contributed by atoms with E-state index >= 15 is 0 Å². The van der Waals surface area contributed by atoms with Crippen LogP contribution in [0.5, 0.6) is 0 Å². The monoisotopic (exact) mass is 210 g/mol. The zero-order chi connectivity index (χ0) is 10.8. The average molecular weight is 210 g/mol. The van der Waals surface area contributed by atoms with Crippen LogP contribution in [0.25, 0.3) is 0 Å². The molecule has 1 saturated heterocycles. The van der Waals surface area contributed by atoms with Gasteiger partial charge < -0.3 is 5.73 Å². The Labute approximate surface area is 82.2 Å². The Bertz CT molecular complexity index is 171. The largest absolute Gasteiger partial charge is 0.401 e. The number of rotatable bonds is 2. The number of nitrogens with two attached hydrogens (primary N) is 1. The Kier molecular flexibility index (Phi) is 3.78. The van der Waals surface area contributed by atoms with Gasteiger partial charge in [-0.25, -0.2) is 0 Å². The number of halogens is 3. The molecule has 14 heavy (non-hydrogen) atoms. The summed E-state index contributed by atoms with van der Waals surface area (Å²) in [6.45, 7) is 2.18. The third kappa shape index (κ3) is 3.84. The van der Waals surface area contributed by atoms with Crippen molar-refractivity contribution in [1.29, 1.82) is 0 Å². The molecule has 1 aliphatic rings. The first-order chi connectivity index (χ1) is 6.38. The van der Waals surface area contributed by atoms with Crippen molar-refractivity contribution in [3.05, 3.63) is 0 Å². The van der Waals surface area contributed by atoms with Gasteiger partial charge in [-0.15, -0.1) is 0 Å². The Hall–Kier alpha value is -0.290. The van der Waals surface area contributed by atoms with Gasteiger partial charge in [-0.2, -0.15) is 13.2 Å². The van der Waals surface area contributed by atoms with Crippen LogP contribution in [0.4, 0.5) is 13.2 Å². The van der Waals surface area contributed by atoms with E-state index < -0.39 is 12.7 Å². The van der Waals surface area contributed by atoms with Crippen LogP contribution in [0, 0.1) is 5.92 Å². The van der Waals surface area contributed by atoms with Gasteiger partial charge in [-0.3, -0.25) is 4.90 Å². The molecule has 0 aliphatic carbocycles. The molecule has 1 atom stereocenters. The topological polar surface area (TPSA) is 29.3 Å². The summed E-state index contributed by atoms with van der Waals surface area (Å²) in [7, 11) is 0. The maximum atomic E-state index is 12.0. The normalized spacial score (nSPS) is 23.8. The molecule has 0 aromatic carbocycles. The summed E-state index contributed by atoms with van der Waals surface area (Å²) in [6.07, 6.45) is -2.50. The molecule has 1 heterocycles. The second-order valence-corrected chi connectivity index (χ2v) is 4.09. The van der Waals surface area contributed by atoms with Crippen molar-refractivity contribution in [2.45, 2.75) is 32.0 Å². The van der Waals surface area contributed by atoms with E-state index in [0.29, 0.717) is 19.0 Å². The van der Waals surface area contributed by atoms with Crippen molar-refractivity contribution in [3.63, 3.8) is 0 Å². The van der Waals surface area contributed by atoms with Gasteiger partial charge in [0.2, 0.25) is 0 Å². The summed E-state index contributed by atoms with van der Waals surface area (Å²) >= 11 is 0. The molecule has 1 fully saturated rings. The van der Waals surface area contributed by atoms with Crippen molar-refractivity contribution in [3.8, 4) is 0 Å². The number of nitrogens with zero attached hydrogens (tertiary/aromatic N) is 1. The van der Waals surface area contributed by atoms with Crippen molar-refractivity contribution in [2.75, 3.05) is 19.6 Å². The van der Waals surface area contributed by atoms with Gasteiger partial charge >= 0.3 is 6.18 Å². The lowest BCUT2D eigenvalue weighted by Gasteiger charge is -2.33. The van der Waals surface area contributed by atoms with Gasteiger partial charge in [0.15, 0.2) is 0 Å². The second kappa shape index (κ2) is 4.49. The maximum Gasteiger partial charge on any atom is 0.401 e. The molecule has 0 bridgehead atoms. The molecule has 0 saturated carbocycles. The van der Waals surface area contributed by atoms with E-state index in [1.54, 1.807) is 0 Å². The van der Waals surface area contributed by atoms with E-state index in [1.165, 1.54) is 4.90 Å². The summed E-state index contributed by atoms with van der Waals surface area (Å²) in [6, 6.07) is 0.100. The molecule has 1 unspecified atom stereocenters. The quantitative estimate of drug-likeness (QED) is 0.750. The van der Waals surface area contributed by atoms with Crippen LogP contribution in [0.3, 0.4) is 0 Å². The second-order valence-electron chi connectivity index (χ2n) is 4.09. The molecule has 2 N–H and O–H groups in total. The zero-order valence-electron chi connectivity index (χ0n) is 8.35. The molecule has 84 valence electrons. The minimum absolute atomic E-state index is 0.100. The van der Waals surface area contributed by atoms with E-state index in [0.717, 1.165) is 12.8 Å². The minimum Gasteiger partial charge on any atom is -0.328 e. The third-order valence-electron chi connectivity index (χ3n) is 2.78. The van der Waals surface area contributed by atoms with Crippen molar-refractivity contribution < 1.29 is 13.2 Å². The average Bonchev–Trinajstić information content (AvgIpc) is 2.02. The van der Waals surface area contributed by atoms with Gasteiger partial charge in [0.05, 0.1) is 6.54 Å².